The smallest absolute Gasteiger partial charge is 0.442 e. The zero-order chi connectivity index (χ0) is 104. The molecule has 23 atom stereocenters. The number of nitrogens with one attached hydrogen (secondary N) is 5. The van der Waals surface area contributed by atoms with Crippen LogP contribution in [-0.2, 0) is 79.5 Å². The molecule has 15 N–H and O–H groups in total. The number of methoxy groups -OCH3 is 2. The van der Waals surface area contributed by atoms with Crippen molar-refractivity contribution in [2.45, 2.75) is 227 Å². The van der Waals surface area contributed by atoms with Crippen molar-refractivity contribution in [3.63, 3.8) is 0 Å². The minimum absolute atomic E-state index is 0.0911. The van der Waals surface area contributed by atoms with Crippen molar-refractivity contribution in [3.8, 4) is 0 Å². The molecule has 5 aliphatic heterocycles. The SMILES string of the molecule is C=P(C)(C)CC[C@H]1O[C@@H](n2cc(C(O)C(C)=O)c(=O)[nH]c2=O)C(O)[C@@H]1O.C=P(C)(C)CC[C@H]1O[C@@H](n2cc(C(O)C(C)=O)c(=O)[nH]c2=O)[C@H](OC)[C@@H]1O.C=P(C)(C)CC[C@H]1O[C@@H](n2cc(C(OC(=O)C(F)(F)F)C(C)=O)c(=O)[nH]c2=O)C(O)[C@@H]1O.C=P(C)(C)CC[C@H]1O[C@@H](n2cc(CC(C)=O)c(=O)[nH]c2=O)C(O)[C@@H]1O.C=P(C)(C)CC[C@H]1O[C@@H](n2cc(CC(C)=O)c(=O)[nH]c2=O)[C@H](OC)[C@@H]1O. The number of rotatable bonds is 33. The number of hydrogen-bond donors (Lipinski definition) is 15. The molecule has 5 aliphatic rings. The van der Waals surface area contributed by atoms with Crippen LogP contribution < -0.4 is 56.2 Å². The molecule has 0 aliphatic carbocycles. The van der Waals surface area contributed by atoms with Crippen LogP contribution in [0.1, 0.15) is 144 Å². The first-order chi connectivity index (χ1) is 62.4. The number of aliphatic hydroxyl groups is 10. The Hall–Kier alpha value is -8.17. The van der Waals surface area contributed by atoms with Crippen molar-refractivity contribution in [2.24, 2.45) is 0 Å². The van der Waals surface area contributed by atoms with Crippen LogP contribution in [0.5, 0.6) is 0 Å². The van der Waals surface area contributed by atoms with Crippen molar-refractivity contribution in [3.05, 3.63) is 163 Å². The van der Waals surface area contributed by atoms with Gasteiger partial charge in [0.05, 0.1) is 47.2 Å². The second kappa shape index (κ2) is 47.9. The van der Waals surface area contributed by atoms with E-state index in [9.17, 15) is 141 Å². The number of ether oxygens (including phenoxy) is 8. The number of carbonyl (C=O) groups excluding carboxylic acids is 6. The number of hydrogen-bond acceptors (Lipinski definition) is 34. The Balaban J connectivity index is 0.000000262. The molecule has 0 bridgehead atoms. The van der Waals surface area contributed by atoms with Gasteiger partial charge in [-0.1, -0.05) is 0 Å². The summed E-state index contributed by atoms with van der Waals surface area (Å²) in [6, 6.07) is 0. The Kier molecular flexibility index (Phi) is 41.0. The average molecular weight is 2030 g/mol. The third-order valence-corrected chi connectivity index (χ3v) is 29.4. The number of alkyl halides is 3. The Labute approximate surface area is 777 Å². The summed E-state index contributed by atoms with van der Waals surface area (Å²) < 4.78 is 85.9. The van der Waals surface area contributed by atoms with Gasteiger partial charge in [0, 0.05) is 69.2 Å². The van der Waals surface area contributed by atoms with Crippen molar-refractivity contribution in [2.75, 3.05) is 112 Å². The molecular weight excluding hydrogens is 1900 g/mol. The zero-order valence-corrected chi connectivity index (χ0v) is 83.0. The van der Waals surface area contributed by atoms with E-state index in [1.54, 1.807) is 4.98 Å². The number of H-pyrrole nitrogens is 5. The summed E-state index contributed by atoms with van der Waals surface area (Å²) in [6.45, 7) is 19.3. The molecule has 5 aromatic rings. The summed E-state index contributed by atoms with van der Waals surface area (Å²) in [5, 5.41) is 102. The number of ketones is 5. The van der Waals surface area contributed by atoms with Crippen molar-refractivity contribution < 1.29 is 131 Å². The highest BCUT2D eigenvalue weighted by atomic mass is 31.2. The number of nitrogens with zero attached hydrogens (tertiary/aromatic N) is 5. The molecule has 136 heavy (non-hydrogen) atoms. The number of esters is 1. The highest BCUT2D eigenvalue weighted by Crippen LogP contribution is 2.45. The van der Waals surface area contributed by atoms with Gasteiger partial charge in [-0.05, 0) is 164 Å². The Morgan fingerprint density at radius 2 is 0.596 bits per heavy atom. The number of aliphatic hydroxyl groups excluding tert-OH is 10. The molecule has 10 heterocycles. The van der Waals surface area contributed by atoms with E-state index in [1.807, 2.05) is 31.6 Å². The first-order valence-corrected chi connectivity index (χ1v) is 57.7. The van der Waals surface area contributed by atoms with Gasteiger partial charge in [-0.2, -0.15) is 13.2 Å². The van der Waals surface area contributed by atoms with Crippen LogP contribution in [0, 0.1) is 0 Å². The average Bonchev–Trinajstić information content (AvgIpc) is 1.60. The Morgan fingerprint density at radius 1 is 0.368 bits per heavy atom. The third-order valence-electron chi connectivity index (χ3n) is 22.1. The predicted molar refractivity (Wildman–Crippen MR) is 508 cm³/mol. The normalized spacial score (nSPS) is 26.4. The standard InChI is InChI=1S/C18H24F3N2O8P.C17H27N2O7P.C17H27N2O6P.C16H25N2O7P.C16H25N2O6P/c1-8(24)13(31-16(28)18(19,20)21)9-7-23(17(29)22-14(9)27)15-12(26)11(25)10(30-15)5-6-32(2,3)4;1-9(20)12(21)10-8-19(17(24)18-15(10)23)16-14(25-2)13(22)11(26-16)6-7-27(3,4)5;1-10(20)8-11-9-19(17(23)18-15(11)22)16-14(24-2)13(21)12(25-16)6-7-26(3,4)5;1-8(19)11(20)9-7-18(16(24)17-14(9)23)15-13(22)12(21)10(25-15)5-6-26(2,3)4;1-9(19)7-10-8-18(16(23)17-14(10)22)15-13(21)12(20)11(24-15)5-6-25(2,3)4/h7,10-13,15,25-26H,2,5-6H2,1,3-4H3,(H,22,27,29);8,11-14,16,21-22H,3,6-7H2,1-2,4-5H3,(H,18,23,24);9,12-14,16,21H,3,6-8H2,1-2,4-5H3,(H,18,22,23);7,10-13,15,20-22H,2,5-6H2,1,3-4H3,(H,17,23,24);8,11-13,15,20-21H,2,5-7H2,1,3-4H3,(H,17,22,23)/t10-,11-,12?,13?,15-;11-,12?,13-,14-,16-;12-,13-,14-,16-;10-,11?,12-,13?,15-;11-,12-,13?,15-/m11111/s1. The minimum atomic E-state index is -5.43. The lowest BCUT2D eigenvalue weighted by molar-refractivity contribution is -0.205. The lowest BCUT2D eigenvalue weighted by Crippen LogP contribution is -2.40. The van der Waals surface area contributed by atoms with Gasteiger partial charge in [-0.15, -0.1) is 65.9 Å². The van der Waals surface area contributed by atoms with Crippen LogP contribution in [0.3, 0.4) is 0 Å². The molecule has 5 saturated heterocycles. The fourth-order valence-electron chi connectivity index (χ4n) is 14.7. The Bertz CT molecular complexity index is 6040. The number of Topliss-reactive ketones (excluding diaryl/α,β-unsaturated/α-hetero) is 5. The number of carbonyl (C=O) groups is 6. The van der Waals surface area contributed by atoms with Gasteiger partial charge in [0.15, 0.2) is 54.6 Å². The van der Waals surface area contributed by atoms with Gasteiger partial charge in [0.1, 0.15) is 84.8 Å². The van der Waals surface area contributed by atoms with Crippen LogP contribution in [0.2, 0.25) is 0 Å². The van der Waals surface area contributed by atoms with Crippen molar-refractivity contribution in [1.29, 1.82) is 0 Å². The molecule has 0 saturated carbocycles. The first-order valence-electron chi connectivity index (χ1n) is 42.5. The molecule has 44 nitrogen and oxygen atoms in total. The van der Waals surface area contributed by atoms with E-state index in [4.69, 9.17) is 33.2 Å². The van der Waals surface area contributed by atoms with Crippen LogP contribution in [0.4, 0.5) is 13.2 Å². The second-order valence-corrected chi connectivity index (χ2v) is 59.1. The predicted octanol–water partition coefficient (Wildman–Crippen LogP) is -2.17. The number of aromatic amines is 5. The summed E-state index contributed by atoms with van der Waals surface area (Å²) in [6.07, 6.45) is -0.118. The van der Waals surface area contributed by atoms with Crippen molar-refractivity contribution in [1.82, 2.24) is 47.8 Å². The summed E-state index contributed by atoms with van der Waals surface area (Å²) in [7, 11) is 2.81. The van der Waals surface area contributed by atoms with Crippen LogP contribution in [0.25, 0.3) is 0 Å². The second-order valence-electron chi connectivity index (χ2n) is 37.5. The van der Waals surface area contributed by atoms with Crippen LogP contribution in [0.15, 0.2) is 78.9 Å². The van der Waals surface area contributed by atoms with Gasteiger partial charge in [-0.25, -0.2) is 28.8 Å². The summed E-state index contributed by atoms with van der Waals surface area (Å²) in [5.41, 5.74) is -9.63. The monoisotopic (exact) mass is 2030 g/mol. The maximum atomic E-state index is 12.6. The van der Waals surface area contributed by atoms with E-state index < -0.39 is 267 Å². The van der Waals surface area contributed by atoms with E-state index in [1.165, 1.54) is 45.0 Å². The van der Waals surface area contributed by atoms with E-state index in [0.717, 1.165) is 71.5 Å². The molecule has 6 unspecified atom stereocenters. The molecule has 5 fully saturated rings. The molecular formula is C84H128F3N10O34P5. The third kappa shape index (κ3) is 31.9. The van der Waals surface area contributed by atoms with Gasteiger partial charge in [0.25, 0.3) is 27.8 Å². The van der Waals surface area contributed by atoms with E-state index in [-0.39, 0.29) is 46.7 Å². The zero-order valence-electron chi connectivity index (χ0n) is 78.6. The molecule has 0 aromatic carbocycles. The number of aromatic nitrogens is 10. The van der Waals surface area contributed by atoms with Crippen LogP contribution >= 0.6 is 34.4 Å². The fraction of sp³-hybridized carbons (Fsp3) is 0.631. The van der Waals surface area contributed by atoms with Gasteiger partial charge < -0.3 is 89.0 Å². The quantitative estimate of drug-likeness (QED) is 0.0157. The Morgan fingerprint density at radius 3 is 0.838 bits per heavy atom. The first kappa shape index (κ1) is 117. The van der Waals surface area contributed by atoms with E-state index >= 15 is 0 Å². The van der Waals surface area contributed by atoms with Crippen LogP contribution in [-0.4, -0.2) is 375 Å². The molecule has 52 heteroatoms. The lowest BCUT2D eigenvalue weighted by Gasteiger charge is -2.21. The highest BCUT2D eigenvalue weighted by Gasteiger charge is 2.51. The molecule has 764 valence electrons. The van der Waals surface area contributed by atoms with Gasteiger partial charge in [0.2, 0.25) is 0 Å². The molecule has 10 rings (SSSR count). The molecule has 0 spiro atoms. The lowest BCUT2D eigenvalue weighted by atomic mass is 10.1. The summed E-state index contributed by atoms with van der Waals surface area (Å²) in [4.78, 5) is 199. The number of halogens is 3. The van der Waals surface area contributed by atoms with E-state index in [2.05, 4.69) is 91.2 Å². The maximum absolute atomic E-state index is 12.6. The molecule has 0 radical (unpaired) electrons. The highest BCUT2D eigenvalue weighted by molar-refractivity contribution is 7.73. The van der Waals surface area contributed by atoms with Gasteiger partial charge in [-0.3, -0.25) is 95.7 Å². The van der Waals surface area contributed by atoms with Gasteiger partial charge >= 0.3 is 40.6 Å². The summed E-state index contributed by atoms with van der Waals surface area (Å²) in [5.74, 6) is -5.57. The maximum Gasteiger partial charge on any atom is 0.490 e. The van der Waals surface area contributed by atoms with Crippen molar-refractivity contribution >= 4 is 101 Å². The largest absolute Gasteiger partial charge is 0.490 e. The molecule has 0 amide bonds. The fourth-order valence-corrected chi connectivity index (χ4v) is 19.5. The van der Waals surface area contributed by atoms with E-state index in [0.29, 0.717) is 49.0 Å². The minimum Gasteiger partial charge on any atom is -0.442 e. The summed E-state index contributed by atoms with van der Waals surface area (Å²) >= 11 is 0. The molecule has 5 aromatic heterocycles. The topological polar surface area (TPSA) is 653 Å².